The van der Waals surface area contributed by atoms with Crippen molar-refractivity contribution in [2.75, 3.05) is 54.0 Å². The number of nitrogens with one attached hydrogen (secondary N) is 3. The second-order valence-corrected chi connectivity index (χ2v) is 40.4. The molecule has 0 atom stereocenters. The third-order valence-electron chi connectivity index (χ3n) is 28.0. The molecule has 6 heterocycles. The number of rotatable bonds is 21. The van der Waals surface area contributed by atoms with Crippen molar-refractivity contribution >= 4 is 70.0 Å². The van der Waals surface area contributed by atoms with Gasteiger partial charge in [0.05, 0.1) is 16.8 Å². The van der Waals surface area contributed by atoms with Gasteiger partial charge in [-0.1, -0.05) is 72.3 Å². The Morgan fingerprint density at radius 1 is 0.365 bits per heavy atom. The molecule has 678 valence electrons. The van der Waals surface area contributed by atoms with Crippen LogP contribution in [0.4, 0.5) is 21.5 Å². The van der Waals surface area contributed by atoms with Gasteiger partial charge >= 0.3 is 0 Å². The molecule has 0 aromatic heterocycles. The quantitative estimate of drug-likeness (QED) is 0.0392. The number of carbonyl (C=O) groups excluding carboxylic acids is 6. The molecule has 21 nitrogen and oxygen atoms in total. The smallest absolute Gasteiger partial charge is 0.278 e. The molecular weight excluding hydrogens is 1580 g/mol. The van der Waals surface area contributed by atoms with E-state index in [4.69, 9.17) is 4.99 Å². The van der Waals surface area contributed by atoms with Gasteiger partial charge in [0.15, 0.2) is 0 Å². The third kappa shape index (κ3) is 24.6. The molecule has 3 aliphatic carbocycles. The van der Waals surface area contributed by atoms with Crippen LogP contribution in [-0.2, 0) is 53.3 Å². The highest BCUT2D eigenvalue weighted by Crippen LogP contribution is 2.44. The number of nitrogens with zero attached hydrogens (tertiary/aromatic N) is 9. The van der Waals surface area contributed by atoms with Crippen molar-refractivity contribution in [2.24, 2.45) is 50.5 Å². The number of aliphatic hydroxyl groups is 3. The first-order valence-electron chi connectivity index (χ1n) is 47.2. The number of anilines is 3. The zero-order valence-electron chi connectivity index (χ0n) is 77.5. The lowest BCUT2D eigenvalue weighted by molar-refractivity contribution is -0.127. The molecule has 3 saturated carbocycles. The molecule has 0 unspecified atom stereocenters. The van der Waals surface area contributed by atoms with E-state index in [1.165, 1.54) is 39.9 Å². The number of halogens is 1. The molecule has 6 amide bonds. The summed E-state index contributed by atoms with van der Waals surface area (Å²) < 4.78 is 14.1. The fourth-order valence-electron chi connectivity index (χ4n) is 20.8. The zero-order valence-corrected chi connectivity index (χ0v) is 77.5. The van der Waals surface area contributed by atoms with Crippen molar-refractivity contribution < 1.29 is 48.5 Å². The molecule has 6 aromatic carbocycles. The number of piperidine rings is 3. The van der Waals surface area contributed by atoms with Gasteiger partial charge < -0.3 is 46.0 Å². The Hall–Kier alpha value is -9.16. The normalized spacial score (nSPS) is 22.9. The number of likely N-dealkylation sites (tertiary alicyclic amines) is 3. The lowest BCUT2D eigenvalue weighted by Gasteiger charge is -2.38. The first-order valence-corrected chi connectivity index (χ1v) is 47.2. The van der Waals surface area contributed by atoms with Crippen molar-refractivity contribution in [1.29, 1.82) is 0 Å². The maximum atomic E-state index is 14.1. The van der Waals surface area contributed by atoms with E-state index in [9.17, 15) is 48.5 Å². The predicted molar refractivity (Wildman–Crippen MR) is 502 cm³/mol. The number of amidine groups is 3. The summed E-state index contributed by atoms with van der Waals surface area (Å²) in [6.07, 6.45) is 17.9. The van der Waals surface area contributed by atoms with Gasteiger partial charge in [-0.25, -0.2) is 4.39 Å². The summed E-state index contributed by atoms with van der Waals surface area (Å²) in [5.74, 6) is 2.54. The highest BCUT2D eigenvalue weighted by Gasteiger charge is 2.42. The first kappa shape index (κ1) is 94.5. The van der Waals surface area contributed by atoms with Gasteiger partial charge in [-0.2, -0.15) is 15.0 Å². The average molecular weight is 1720 g/mol. The minimum Gasteiger partial charge on any atom is -0.390 e. The van der Waals surface area contributed by atoms with Gasteiger partial charge in [-0.3, -0.25) is 43.5 Å². The van der Waals surface area contributed by atoms with Crippen molar-refractivity contribution in [1.82, 2.24) is 30.7 Å². The molecular formula is C104H141FN12O9. The van der Waals surface area contributed by atoms with Crippen LogP contribution in [0.3, 0.4) is 0 Å². The summed E-state index contributed by atoms with van der Waals surface area (Å²) in [4.78, 5) is 106. The van der Waals surface area contributed by atoms with E-state index >= 15 is 0 Å². The van der Waals surface area contributed by atoms with Gasteiger partial charge in [0.25, 0.3) is 17.7 Å². The molecule has 0 spiro atoms. The second-order valence-electron chi connectivity index (χ2n) is 40.4. The lowest BCUT2D eigenvalue weighted by atomic mass is 9.83. The van der Waals surface area contributed by atoms with Gasteiger partial charge in [-0.15, -0.1) is 0 Å². The van der Waals surface area contributed by atoms with Gasteiger partial charge in [-0.05, 0) is 369 Å². The molecule has 126 heavy (non-hydrogen) atoms. The van der Waals surface area contributed by atoms with Crippen LogP contribution in [0.1, 0.15) is 274 Å². The number of benzene rings is 6. The van der Waals surface area contributed by atoms with Crippen molar-refractivity contribution in [3.05, 3.63) is 194 Å². The number of aliphatic imine (C=N–C) groups is 3. The molecule has 6 aromatic rings. The zero-order chi connectivity index (χ0) is 90.1. The molecule has 6 aliphatic heterocycles. The minimum atomic E-state index is -0.647. The van der Waals surface area contributed by atoms with E-state index in [0.717, 1.165) is 214 Å². The standard InChI is InChI=1S/C35H47FN4O3.C35H48N4O3.C34H46N4O3/c1-22(2)37-33(41)25-8-10-30(11-9-25)40-31-18-24(21-39-14-12-28(13-15-39)35(4,5)43)6-7-26(31)20-32(40)38-34(42)27-16-23(3)17-29(36)19-27;1-23(2)36-33(40)27-12-14-30(15-13-27)39-31-20-25(22-38-18-16-29(17-19-38)35(4,5)42)8-11-28(31)21-32(39)37-34(41)26-9-6-24(3)7-10-26;1-23(2)35-32(39)26-12-14-29(15-13-26)38-30-20-24(22-37-18-16-28(17-19-37)34(3,4)41)10-11-27(30)21-31(38)36-33(40)25-8-6-5-7-9-25/h6-7,16-19,22,25,28,30,43H,8-15,20-21H2,1-5H3,(H,37,41);6-11,20,23,27,29-30,42H,12-19,21-22H2,1-5H3,(H,36,40);5-11,20,23,26,28-29,41H,12-19,21-22H2,1-4H3,(H,35,39). The molecule has 0 radical (unpaired) electrons. The van der Waals surface area contributed by atoms with E-state index in [1.54, 1.807) is 13.0 Å². The topological polar surface area (TPSA) is 256 Å². The molecule has 9 aliphatic rings. The SMILES string of the molecule is CC(C)NC(=O)C1CCC(N2C(=NC(=O)c3ccccc3)Cc3ccc(CN4CCC(C(C)(C)O)CC4)cc32)CC1.Cc1cc(F)cc(C(=O)N=C2Cc3ccc(CN4CCC(C(C)(C)O)CC4)cc3N2C2CCC(C(=O)NC(C)C)CC2)c1.Cc1ccc(C(=O)N=C2Cc3ccc(CN4CCC(C(C)(C)O)CC4)cc3N2C2CCC(C(=O)NC(C)C)CC2)cc1. The molecule has 6 fully saturated rings. The number of carbonyl (C=O) groups is 6. The van der Waals surface area contributed by atoms with E-state index in [-0.39, 0.29) is 89.1 Å². The summed E-state index contributed by atoms with van der Waals surface area (Å²) in [5, 5.41) is 40.6. The average Bonchev–Trinajstić information content (AvgIpc) is 1.63. The Morgan fingerprint density at radius 3 is 0.944 bits per heavy atom. The van der Waals surface area contributed by atoms with Crippen molar-refractivity contribution in [3.8, 4) is 0 Å². The third-order valence-corrected chi connectivity index (χ3v) is 28.0. The fraction of sp³-hybridized carbons (Fsp3) is 0.567. The van der Waals surface area contributed by atoms with E-state index in [0.29, 0.717) is 59.5 Å². The maximum Gasteiger partial charge on any atom is 0.278 e. The number of fused-ring (bicyclic) bond motifs is 3. The summed E-state index contributed by atoms with van der Waals surface area (Å²) in [6, 6.07) is 42.2. The minimum absolute atomic E-state index is 0.00354. The molecule has 22 heteroatoms. The summed E-state index contributed by atoms with van der Waals surface area (Å²) >= 11 is 0. The maximum absolute atomic E-state index is 14.1. The van der Waals surface area contributed by atoms with Gasteiger partial charge in [0.1, 0.15) is 23.3 Å². The van der Waals surface area contributed by atoms with Crippen molar-refractivity contribution in [2.45, 2.75) is 304 Å². The highest BCUT2D eigenvalue weighted by atomic mass is 19.1. The van der Waals surface area contributed by atoms with Crippen molar-refractivity contribution in [3.63, 3.8) is 0 Å². The number of aryl methyl sites for hydroxylation is 2. The van der Waals surface area contributed by atoms with Crippen LogP contribution in [0.5, 0.6) is 0 Å². The van der Waals surface area contributed by atoms with Gasteiger partial charge in [0.2, 0.25) is 17.7 Å². The van der Waals surface area contributed by atoms with E-state index in [1.807, 2.05) is 145 Å². The molecule has 15 rings (SSSR count). The van der Waals surface area contributed by atoms with E-state index in [2.05, 4.69) is 110 Å². The first-order chi connectivity index (χ1) is 59.9. The number of amides is 6. The highest BCUT2D eigenvalue weighted by molar-refractivity contribution is 6.15. The molecule has 3 saturated heterocycles. The largest absolute Gasteiger partial charge is 0.390 e. The monoisotopic (exact) mass is 1720 g/mol. The van der Waals surface area contributed by atoms with Crippen LogP contribution in [0.15, 0.2) is 142 Å². The Labute approximate surface area is 748 Å². The molecule has 0 bridgehead atoms. The summed E-state index contributed by atoms with van der Waals surface area (Å²) in [5.41, 5.74) is 12.0. The van der Waals surface area contributed by atoms with E-state index < -0.39 is 28.5 Å². The van der Waals surface area contributed by atoms with Crippen LogP contribution in [0, 0.1) is 55.2 Å². The Bertz CT molecular complexity index is 4860. The van der Waals surface area contributed by atoms with Crippen LogP contribution in [0.25, 0.3) is 0 Å². The second kappa shape index (κ2) is 41.5. The number of hydrogen-bond acceptors (Lipinski definition) is 12. The predicted octanol–water partition coefficient (Wildman–Crippen LogP) is 16.8. The van der Waals surface area contributed by atoms with Crippen LogP contribution in [-0.4, -0.2) is 175 Å². The summed E-state index contributed by atoms with van der Waals surface area (Å²) in [6.45, 7) is 35.7. The lowest BCUT2D eigenvalue weighted by Crippen LogP contribution is -2.44. The Balaban J connectivity index is 0.000000162. The Kier molecular flexibility index (Phi) is 31.1. The summed E-state index contributed by atoms with van der Waals surface area (Å²) in [7, 11) is 0. The fourth-order valence-corrected chi connectivity index (χ4v) is 20.8. The van der Waals surface area contributed by atoms with Crippen LogP contribution < -0.4 is 30.7 Å². The van der Waals surface area contributed by atoms with Crippen LogP contribution >= 0.6 is 0 Å². The number of hydrogen-bond donors (Lipinski definition) is 6. The Morgan fingerprint density at radius 2 is 0.659 bits per heavy atom. The molecule has 6 N–H and O–H groups in total. The van der Waals surface area contributed by atoms with Crippen LogP contribution in [0.2, 0.25) is 0 Å². The van der Waals surface area contributed by atoms with Gasteiger partial charge in [0, 0.05) is 127 Å².